The Labute approximate surface area is 97.8 Å². The van der Waals surface area contributed by atoms with Crippen molar-refractivity contribution >= 4 is 0 Å². The van der Waals surface area contributed by atoms with Crippen molar-refractivity contribution in [1.82, 2.24) is 0 Å². The second kappa shape index (κ2) is 12.1. The molecule has 0 aliphatic heterocycles. The van der Waals surface area contributed by atoms with Gasteiger partial charge in [0.15, 0.2) is 0 Å². The van der Waals surface area contributed by atoms with Gasteiger partial charge in [-0.1, -0.05) is 78.6 Å². The Morgan fingerprint density at radius 1 is 0.800 bits per heavy atom. The van der Waals surface area contributed by atoms with Crippen LogP contribution in [0.15, 0.2) is 0 Å². The molecule has 1 radical (unpaired) electrons. The summed E-state index contributed by atoms with van der Waals surface area (Å²) in [7, 11) is 0. The molecule has 0 bridgehead atoms. The average molecular weight is 211 g/mol. The monoisotopic (exact) mass is 211 g/mol. The molecule has 0 aromatic heterocycles. The van der Waals surface area contributed by atoms with Gasteiger partial charge in [0.1, 0.15) is 0 Å². The first-order valence-electron chi connectivity index (χ1n) is 7.14. The maximum absolute atomic E-state index is 2.52. The van der Waals surface area contributed by atoms with Gasteiger partial charge in [-0.15, -0.1) is 0 Å². The van der Waals surface area contributed by atoms with E-state index in [1.165, 1.54) is 64.2 Å². The summed E-state index contributed by atoms with van der Waals surface area (Å²) in [5, 5.41) is 0. The summed E-state index contributed by atoms with van der Waals surface area (Å²) in [6, 6.07) is 0. The van der Waals surface area contributed by atoms with Crippen molar-refractivity contribution in [3.63, 3.8) is 0 Å². The van der Waals surface area contributed by atoms with Crippen LogP contribution >= 0.6 is 0 Å². The van der Waals surface area contributed by atoms with Crippen LogP contribution in [0.25, 0.3) is 0 Å². The predicted octanol–water partition coefficient (Wildman–Crippen LogP) is 5.77. The Hall–Kier alpha value is 0. The molecule has 0 aromatic carbocycles. The van der Waals surface area contributed by atoms with Crippen molar-refractivity contribution in [1.29, 1.82) is 0 Å². The van der Waals surface area contributed by atoms with Crippen LogP contribution in [0, 0.1) is 12.3 Å². The summed E-state index contributed by atoms with van der Waals surface area (Å²) < 4.78 is 0. The van der Waals surface area contributed by atoms with Gasteiger partial charge in [-0.05, 0) is 18.8 Å². The lowest BCUT2D eigenvalue weighted by atomic mass is 9.96. The van der Waals surface area contributed by atoms with E-state index in [2.05, 4.69) is 27.2 Å². The Balaban J connectivity index is 3.06. The Kier molecular flexibility index (Phi) is 12.1. The molecule has 15 heavy (non-hydrogen) atoms. The van der Waals surface area contributed by atoms with Crippen LogP contribution in [0.5, 0.6) is 0 Å². The Morgan fingerprint density at radius 2 is 1.40 bits per heavy atom. The molecule has 91 valence electrons. The fraction of sp³-hybridized carbons (Fsp3) is 0.933. The van der Waals surface area contributed by atoms with Crippen LogP contribution in [0.4, 0.5) is 0 Å². The molecule has 0 saturated heterocycles. The van der Waals surface area contributed by atoms with E-state index >= 15 is 0 Å². The second-order valence-electron chi connectivity index (χ2n) is 4.91. The van der Waals surface area contributed by atoms with Crippen LogP contribution in [-0.2, 0) is 0 Å². The molecule has 1 unspecified atom stereocenters. The zero-order chi connectivity index (χ0) is 11.4. The van der Waals surface area contributed by atoms with Gasteiger partial charge in [0.2, 0.25) is 0 Å². The second-order valence-corrected chi connectivity index (χ2v) is 4.91. The SMILES string of the molecule is CCCC[CH]C(C)CCCCCCCC. The molecule has 0 nitrogen and oxygen atoms in total. The number of hydrogen-bond donors (Lipinski definition) is 0. The number of unbranched alkanes of at least 4 members (excludes halogenated alkanes) is 7. The number of rotatable bonds is 11. The highest BCUT2D eigenvalue weighted by atomic mass is 14.1. The third-order valence-electron chi connectivity index (χ3n) is 3.14. The highest BCUT2D eigenvalue weighted by Gasteiger charge is 2.01. The molecule has 0 aromatic rings. The van der Waals surface area contributed by atoms with Gasteiger partial charge in [-0.2, -0.15) is 0 Å². The third-order valence-corrected chi connectivity index (χ3v) is 3.14. The molecular weight excluding hydrogens is 180 g/mol. The molecule has 0 fully saturated rings. The molecule has 0 aliphatic carbocycles. The summed E-state index contributed by atoms with van der Waals surface area (Å²) in [5.41, 5.74) is 0. The van der Waals surface area contributed by atoms with Crippen molar-refractivity contribution in [3.05, 3.63) is 6.42 Å². The summed E-state index contributed by atoms with van der Waals surface area (Å²) in [4.78, 5) is 0. The van der Waals surface area contributed by atoms with E-state index in [1.807, 2.05) is 0 Å². The van der Waals surface area contributed by atoms with E-state index in [1.54, 1.807) is 0 Å². The predicted molar refractivity (Wildman–Crippen MR) is 71.0 cm³/mol. The summed E-state index contributed by atoms with van der Waals surface area (Å²) in [6.07, 6.45) is 16.6. The Morgan fingerprint density at radius 3 is 2.07 bits per heavy atom. The summed E-state index contributed by atoms with van der Waals surface area (Å²) >= 11 is 0. The zero-order valence-corrected chi connectivity index (χ0v) is 11.2. The van der Waals surface area contributed by atoms with Crippen LogP contribution < -0.4 is 0 Å². The fourth-order valence-electron chi connectivity index (χ4n) is 1.97. The molecule has 1 atom stereocenters. The lowest BCUT2D eigenvalue weighted by Crippen LogP contribution is -1.95. The van der Waals surface area contributed by atoms with Crippen molar-refractivity contribution in [2.24, 2.45) is 5.92 Å². The minimum absolute atomic E-state index is 0.850. The van der Waals surface area contributed by atoms with E-state index in [9.17, 15) is 0 Å². The van der Waals surface area contributed by atoms with E-state index in [0.717, 1.165) is 5.92 Å². The molecule has 0 rings (SSSR count). The molecule has 0 spiro atoms. The molecule has 0 amide bonds. The first-order valence-corrected chi connectivity index (χ1v) is 7.14. The maximum Gasteiger partial charge on any atom is -0.0358 e. The smallest absolute Gasteiger partial charge is 0.0358 e. The first kappa shape index (κ1) is 15.0. The van der Waals surface area contributed by atoms with E-state index in [4.69, 9.17) is 0 Å². The maximum atomic E-state index is 2.52. The van der Waals surface area contributed by atoms with Crippen molar-refractivity contribution < 1.29 is 0 Å². The molecule has 0 aliphatic rings. The lowest BCUT2D eigenvalue weighted by molar-refractivity contribution is 0.510. The number of hydrogen-bond acceptors (Lipinski definition) is 0. The van der Waals surface area contributed by atoms with Crippen molar-refractivity contribution in [2.75, 3.05) is 0 Å². The molecule has 0 heterocycles. The fourth-order valence-corrected chi connectivity index (χ4v) is 1.97. The minimum Gasteiger partial charge on any atom is -0.0654 e. The van der Waals surface area contributed by atoms with Crippen LogP contribution in [0.3, 0.4) is 0 Å². The van der Waals surface area contributed by atoms with Crippen molar-refractivity contribution in [3.8, 4) is 0 Å². The van der Waals surface area contributed by atoms with Gasteiger partial charge < -0.3 is 0 Å². The molecule has 0 heteroatoms. The third kappa shape index (κ3) is 11.9. The van der Waals surface area contributed by atoms with Crippen LogP contribution in [0.2, 0.25) is 0 Å². The Bertz CT molecular complexity index is 107. The van der Waals surface area contributed by atoms with E-state index in [-0.39, 0.29) is 0 Å². The first-order chi connectivity index (χ1) is 7.31. The lowest BCUT2D eigenvalue weighted by Gasteiger charge is -2.10. The van der Waals surface area contributed by atoms with Gasteiger partial charge >= 0.3 is 0 Å². The van der Waals surface area contributed by atoms with Crippen molar-refractivity contribution in [2.45, 2.75) is 85.0 Å². The standard InChI is InChI=1S/C15H31/c1-4-6-8-9-10-12-14-15(3)13-11-7-5-2/h13,15H,4-12,14H2,1-3H3. The highest BCUT2D eigenvalue weighted by Crippen LogP contribution is 2.16. The van der Waals surface area contributed by atoms with Gasteiger partial charge in [0.25, 0.3) is 0 Å². The summed E-state index contributed by atoms with van der Waals surface area (Å²) in [6.45, 7) is 6.93. The normalized spacial score (nSPS) is 13.0. The molecule has 0 N–H and O–H groups in total. The molecular formula is C15H31. The van der Waals surface area contributed by atoms with E-state index in [0.29, 0.717) is 0 Å². The van der Waals surface area contributed by atoms with Gasteiger partial charge in [-0.25, -0.2) is 0 Å². The van der Waals surface area contributed by atoms with Crippen LogP contribution in [0.1, 0.15) is 85.0 Å². The van der Waals surface area contributed by atoms with Gasteiger partial charge in [-0.3, -0.25) is 0 Å². The van der Waals surface area contributed by atoms with Gasteiger partial charge in [0, 0.05) is 0 Å². The average Bonchev–Trinajstić information content (AvgIpc) is 2.23. The van der Waals surface area contributed by atoms with Gasteiger partial charge in [0.05, 0.1) is 0 Å². The minimum atomic E-state index is 0.850. The summed E-state index contributed by atoms with van der Waals surface area (Å²) in [5.74, 6) is 0.850. The topological polar surface area (TPSA) is 0 Å². The molecule has 0 saturated carbocycles. The van der Waals surface area contributed by atoms with E-state index < -0.39 is 0 Å². The quantitative estimate of drug-likeness (QED) is 0.381. The zero-order valence-electron chi connectivity index (χ0n) is 11.2. The highest BCUT2D eigenvalue weighted by molar-refractivity contribution is 4.72. The largest absolute Gasteiger partial charge is 0.0654 e. The van der Waals surface area contributed by atoms with Crippen LogP contribution in [-0.4, -0.2) is 0 Å².